The van der Waals surface area contributed by atoms with Gasteiger partial charge in [-0.2, -0.15) is 13.1 Å². The summed E-state index contributed by atoms with van der Waals surface area (Å²) in [7, 11) is -4.57. The quantitative estimate of drug-likeness (QED) is 0.625. The van der Waals surface area contributed by atoms with Crippen LogP contribution in [0.5, 0.6) is 0 Å². The van der Waals surface area contributed by atoms with Crippen LogP contribution < -0.4 is 5.76 Å². The van der Waals surface area contributed by atoms with E-state index in [1.807, 2.05) is 0 Å². The third-order valence-corrected chi connectivity index (χ3v) is 1.92. The van der Waals surface area contributed by atoms with Crippen molar-refractivity contribution in [1.82, 2.24) is 9.78 Å². The van der Waals surface area contributed by atoms with Gasteiger partial charge in [-0.25, -0.2) is 4.79 Å². The van der Waals surface area contributed by atoms with Gasteiger partial charge < -0.3 is 4.42 Å². The molecule has 1 aromatic heterocycles. The number of rotatable bonds is 3. The van der Waals surface area contributed by atoms with Crippen molar-refractivity contribution in [3.8, 4) is 0 Å². The number of hydrogen-bond donors (Lipinski definition) is 0. The first-order valence-corrected chi connectivity index (χ1v) is 4.90. The molecule has 1 aromatic rings. The van der Waals surface area contributed by atoms with Crippen LogP contribution in [0, 0.1) is 6.92 Å². The molecule has 0 amide bonds. The van der Waals surface area contributed by atoms with Crippen LogP contribution in [0.2, 0.25) is 0 Å². The Morgan fingerprint density at radius 1 is 1.62 bits per heavy atom. The highest BCUT2D eigenvalue weighted by atomic mass is 32.3. The van der Waals surface area contributed by atoms with Crippen LogP contribution in [0.3, 0.4) is 0 Å². The van der Waals surface area contributed by atoms with Gasteiger partial charge in [0.25, 0.3) is 0 Å². The predicted octanol–water partition coefficient (Wildman–Crippen LogP) is -0.556. The minimum atomic E-state index is -4.57. The van der Waals surface area contributed by atoms with E-state index in [4.69, 9.17) is 0 Å². The molecule has 0 aliphatic carbocycles. The minimum Gasteiger partial charge on any atom is -0.393 e. The maximum atomic E-state index is 12.0. The number of hydrogen-bond acceptors (Lipinski definition) is 5. The van der Waals surface area contributed by atoms with Gasteiger partial charge in [-0.15, -0.1) is 8.98 Å². The van der Waals surface area contributed by atoms with Gasteiger partial charge in [-0.3, -0.25) is 0 Å². The Morgan fingerprint density at radius 2 is 2.23 bits per heavy atom. The van der Waals surface area contributed by atoms with E-state index in [0.29, 0.717) is 0 Å². The summed E-state index contributed by atoms with van der Waals surface area (Å²) in [6.45, 7) is 1.09. The second kappa shape index (κ2) is 3.29. The van der Waals surface area contributed by atoms with Gasteiger partial charge in [0.05, 0.1) is 12.3 Å². The van der Waals surface area contributed by atoms with Gasteiger partial charge >= 0.3 is 16.0 Å². The molecule has 0 spiro atoms. The molecule has 0 saturated heterocycles. The summed E-state index contributed by atoms with van der Waals surface area (Å²) in [6.07, 6.45) is 0. The highest BCUT2D eigenvalue weighted by molar-refractivity contribution is 7.86. The van der Waals surface area contributed by atoms with E-state index in [9.17, 15) is 17.1 Å². The zero-order valence-corrected chi connectivity index (χ0v) is 7.54. The van der Waals surface area contributed by atoms with Crippen molar-refractivity contribution in [2.24, 2.45) is 0 Å². The number of halogens is 1. The summed E-state index contributed by atoms with van der Waals surface area (Å²) in [4.78, 5) is 10.8. The molecular formula is C5H7FN2O4S. The molecule has 6 nitrogen and oxygen atoms in total. The fraction of sp³-hybridized carbons (Fsp3) is 0.600. The fourth-order valence-corrected chi connectivity index (χ4v) is 1.14. The lowest BCUT2D eigenvalue weighted by molar-refractivity contribution is 0.462. The van der Waals surface area contributed by atoms with Gasteiger partial charge in [0.15, 0.2) is 0 Å². The van der Waals surface area contributed by atoms with Crippen LogP contribution in [0.4, 0.5) is 3.89 Å². The van der Waals surface area contributed by atoms with E-state index in [-0.39, 0.29) is 12.4 Å². The molecule has 0 radical (unpaired) electrons. The molecular weight excluding hydrogens is 203 g/mol. The van der Waals surface area contributed by atoms with Crippen LogP contribution in [0.15, 0.2) is 9.21 Å². The van der Waals surface area contributed by atoms with Crippen LogP contribution >= 0.6 is 0 Å². The maximum Gasteiger partial charge on any atom is 0.437 e. The summed E-state index contributed by atoms with van der Waals surface area (Å²) in [5.41, 5.74) is 0. The zero-order chi connectivity index (χ0) is 10.1. The van der Waals surface area contributed by atoms with Crippen molar-refractivity contribution in [3.63, 3.8) is 0 Å². The summed E-state index contributed by atoms with van der Waals surface area (Å²) in [5, 5.41) is 3.52. The average molecular weight is 210 g/mol. The summed E-state index contributed by atoms with van der Waals surface area (Å²) in [5.74, 6) is -1.46. The summed E-state index contributed by atoms with van der Waals surface area (Å²) >= 11 is 0. The summed E-state index contributed by atoms with van der Waals surface area (Å²) < 4.78 is 37.4. The van der Waals surface area contributed by atoms with Crippen molar-refractivity contribution in [1.29, 1.82) is 0 Å². The van der Waals surface area contributed by atoms with Gasteiger partial charge in [-0.05, 0) is 0 Å². The predicted molar refractivity (Wildman–Crippen MR) is 40.4 cm³/mol. The lowest BCUT2D eigenvalue weighted by atomic mass is 10.8. The van der Waals surface area contributed by atoms with Crippen molar-refractivity contribution in [2.45, 2.75) is 13.5 Å². The number of aromatic nitrogens is 2. The normalized spacial score (nSPS) is 11.8. The van der Waals surface area contributed by atoms with Crippen LogP contribution in [0.25, 0.3) is 0 Å². The van der Waals surface area contributed by atoms with Gasteiger partial charge in [-0.1, -0.05) is 0 Å². The summed E-state index contributed by atoms with van der Waals surface area (Å²) in [6, 6.07) is 0. The molecule has 0 fully saturated rings. The Morgan fingerprint density at radius 3 is 2.62 bits per heavy atom. The monoisotopic (exact) mass is 210 g/mol. The van der Waals surface area contributed by atoms with E-state index in [1.165, 1.54) is 6.92 Å². The second-order valence-corrected chi connectivity index (χ2v) is 3.84. The fourth-order valence-electron chi connectivity index (χ4n) is 0.747. The minimum absolute atomic E-state index is 0.112. The molecule has 0 saturated carbocycles. The molecule has 0 bridgehead atoms. The third-order valence-electron chi connectivity index (χ3n) is 1.25. The zero-order valence-electron chi connectivity index (χ0n) is 6.73. The van der Waals surface area contributed by atoms with Crippen LogP contribution in [0.1, 0.15) is 5.89 Å². The van der Waals surface area contributed by atoms with Crippen molar-refractivity contribution in [2.75, 3.05) is 5.75 Å². The first kappa shape index (κ1) is 9.90. The molecule has 0 aliphatic rings. The van der Waals surface area contributed by atoms with Crippen molar-refractivity contribution >= 4 is 10.2 Å². The van der Waals surface area contributed by atoms with Gasteiger partial charge in [0.2, 0.25) is 5.89 Å². The molecule has 0 N–H and O–H groups in total. The van der Waals surface area contributed by atoms with E-state index < -0.39 is 21.7 Å². The molecule has 0 aliphatic heterocycles. The van der Waals surface area contributed by atoms with Gasteiger partial charge in [0, 0.05) is 6.92 Å². The Hall–Kier alpha value is -1.18. The standard InChI is InChI=1S/C5H7FN2O4S/c1-4-7-8(5(9)12-4)2-3-13(6,10)11/h2-3H2,1H3. The van der Waals surface area contributed by atoms with E-state index >= 15 is 0 Å². The molecule has 1 rings (SSSR count). The molecule has 74 valence electrons. The lowest BCUT2D eigenvalue weighted by Gasteiger charge is -1.92. The number of aryl methyl sites for hydroxylation is 2. The van der Waals surface area contributed by atoms with Crippen molar-refractivity contribution in [3.05, 3.63) is 16.4 Å². The van der Waals surface area contributed by atoms with E-state index in [2.05, 4.69) is 9.52 Å². The number of nitrogens with zero attached hydrogens (tertiary/aromatic N) is 2. The Bertz CT molecular complexity index is 445. The first-order chi connectivity index (χ1) is 5.88. The largest absolute Gasteiger partial charge is 0.437 e. The lowest BCUT2D eigenvalue weighted by Crippen LogP contribution is -2.20. The second-order valence-electron chi connectivity index (χ2n) is 2.35. The molecule has 1 heterocycles. The van der Waals surface area contributed by atoms with Crippen LogP contribution in [-0.4, -0.2) is 24.0 Å². The third kappa shape index (κ3) is 2.98. The molecule has 8 heteroatoms. The topological polar surface area (TPSA) is 82.2 Å². The molecule has 13 heavy (non-hydrogen) atoms. The maximum absolute atomic E-state index is 12.0. The van der Waals surface area contributed by atoms with Crippen molar-refractivity contribution < 1.29 is 16.7 Å². The highest BCUT2D eigenvalue weighted by Crippen LogP contribution is 1.92. The molecule has 0 aromatic carbocycles. The molecule has 0 atom stereocenters. The smallest absolute Gasteiger partial charge is 0.393 e. The van der Waals surface area contributed by atoms with Crippen LogP contribution in [-0.2, 0) is 16.8 Å². The molecule has 0 unspecified atom stereocenters. The average Bonchev–Trinajstić information content (AvgIpc) is 2.24. The Balaban J connectivity index is 2.76. The highest BCUT2D eigenvalue weighted by Gasteiger charge is 2.10. The van der Waals surface area contributed by atoms with E-state index in [1.54, 1.807) is 0 Å². The Kier molecular flexibility index (Phi) is 2.50. The first-order valence-electron chi connectivity index (χ1n) is 3.35. The Labute approximate surface area is 73.2 Å². The SMILES string of the molecule is Cc1nn(CCS(=O)(=O)F)c(=O)o1. The van der Waals surface area contributed by atoms with E-state index in [0.717, 1.165) is 4.68 Å². The van der Waals surface area contributed by atoms with Gasteiger partial charge in [0.1, 0.15) is 0 Å².